The average Bonchev–Trinajstić information content (AvgIpc) is 2.30. The van der Waals surface area contributed by atoms with Gasteiger partial charge in [-0.1, -0.05) is 18.2 Å². The Labute approximate surface area is 89.9 Å². The van der Waals surface area contributed by atoms with E-state index in [2.05, 4.69) is 17.0 Å². The third-order valence-electron chi connectivity index (χ3n) is 3.02. The summed E-state index contributed by atoms with van der Waals surface area (Å²) in [5, 5.41) is 0. The maximum atomic E-state index is 11.0. The number of para-hydroxylation sites is 1. The van der Waals surface area contributed by atoms with Crippen LogP contribution in [0.2, 0.25) is 0 Å². The second-order valence-electron chi connectivity index (χ2n) is 4.00. The van der Waals surface area contributed by atoms with Crippen LogP contribution in [-0.4, -0.2) is 19.0 Å². The van der Waals surface area contributed by atoms with Gasteiger partial charge in [0.05, 0.1) is 0 Å². The number of amides is 1. The van der Waals surface area contributed by atoms with Crippen molar-refractivity contribution < 1.29 is 4.79 Å². The molecular formula is C12H16N2O. The summed E-state index contributed by atoms with van der Waals surface area (Å²) in [6.07, 6.45) is 1.76. The quantitative estimate of drug-likeness (QED) is 0.791. The average molecular weight is 204 g/mol. The minimum Gasteiger partial charge on any atom is -0.371 e. The Morgan fingerprint density at radius 2 is 1.80 bits per heavy atom. The molecule has 0 aliphatic carbocycles. The lowest BCUT2D eigenvalue weighted by molar-refractivity contribution is -0.122. The summed E-state index contributed by atoms with van der Waals surface area (Å²) in [4.78, 5) is 13.3. The van der Waals surface area contributed by atoms with Crippen LogP contribution in [0.5, 0.6) is 0 Å². The molecule has 0 bridgehead atoms. The fourth-order valence-electron chi connectivity index (χ4n) is 2.06. The number of nitrogens with zero attached hydrogens (tertiary/aromatic N) is 1. The number of primary amides is 1. The van der Waals surface area contributed by atoms with Gasteiger partial charge < -0.3 is 10.6 Å². The normalized spacial score (nSPS) is 17.7. The lowest BCUT2D eigenvalue weighted by atomic mass is 9.96. The van der Waals surface area contributed by atoms with E-state index in [0.29, 0.717) is 0 Å². The van der Waals surface area contributed by atoms with Gasteiger partial charge in [-0.15, -0.1) is 0 Å². The Kier molecular flexibility index (Phi) is 2.90. The van der Waals surface area contributed by atoms with Crippen LogP contribution in [0.4, 0.5) is 5.69 Å². The highest BCUT2D eigenvalue weighted by molar-refractivity contribution is 5.77. The molecule has 0 atom stereocenters. The summed E-state index contributed by atoms with van der Waals surface area (Å²) < 4.78 is 0. The predicted molar refractivity (Wildman–Crippen MR) is 60.6 cm³/mol. The number of rotatable bonds is 2. The van der Waals surface area contributed by atoms with Crippen molar-refractivity contribution in [1.82, 2.24) is 0 Å². The summed E-state index contributed by atoms with van der Waals surface area (Å²) in [6, 6.07) is 10.3. The second-order valence-corrected chi connectivity index (χ2v) is 4.00. The Bertz CT molecular complexity index is 329. The number of hydrogen-bond acceptors (Lipinski definition) is 2. The van der Waals surface area contributed by atoms with Crippen LogP contribution in [0, 0.1) is 5.92 Å². The van der Waals surface area contributed by atoms with Crippen LogP contribution in [0.15, 0.2) is 30.3 Å². The van der Waals surface area contributed by atoms with Crippen LogP contribution in [0.25, 0.3) is 0 Å². The van der Waals surface area contributed by atoms with E-state index in [0.717, 1.165) is 25.9 Å². The van der Waals surface area contributed by atoms with E-state index >= 15 is 0 Å². The number of piperidine rings is 1. The molecular weight excluding hydrogens is 188 g/mol. The summed E-state index contributed by atoms with van der Waals surface area (Å²) in [7, 11) is 0. The highest BCUT2D eigenvalue weighted by Gasteiger charge is 2.22. The molecule has 0 radical (unpaired) electrons. The van der Waals surface area contributed by atoms with E-state index in [9.17, 15) is 4.79 Å². The zero-order valence-electron chi connectivity index (χ0n) is 8.73. The molecule has 1 aromatic rings. The topological polar surface area (TPSA) is 46.3 Å². The van der Waals surface area contributed by atoms with Crippen LogP contribution in [0.3, 0.4) is 0 Å². The molecule has 1 aliphatic heterocycles. The molecule has 1 fully saturated rings. The zero-order chi connectivity index (χ0) is 10.7. The largest absolute Gasteiger partial charge is 0.371 e. The second kappa shape index (κ2) is 4.34. The van der Waals surface area contributed by atoms with Gasteiger partial charge in [-0.2, -0.15) is 0 Å². The highest BCUT2D eigenvalue weighted by Crippen LogP contribution is 2.22. The van der Waals surface area contributed by atoms with E-state index in [1.807, 2.05) is 18.2 Å². The molecule has 1 saturated heterocycles. The molecule has 0 saturated carbocycles. The molecule has 80 valence electrons. The predicted octanol–water partition coefficient (Wildman–Crippen LogP) is 1.39. The Morgan fingerprint density at radius 1 is 1.20 bits per heavy atom. The molecule has 15 heavy (non-hydrogen) atoms. The maximum absolute atomic E-state index is 11.0. The number of hydrogen-bond donors (Lipinski definition) is 1. The fraction of sp³-hybridized carbons (Fsp3) is 0.417. The first-order chi connectivity index (χ1) is 7.27. The number of nitrogens with two attached hydrogens (primary N) is 1. The van der Waals surface area contributed by atoms with Gasteiger partial charge >= 0.3 is 0 Å². The molecule has 1 amide bonds. The van der Waals surface area contributed by atoms with Crippen molar-refractivity contribution in [3.8, 4) is 0 Å². The van der Waals surface area contributed by atoms with E-state index < -0.39 is 0 Å². The lowest BCUT2D eigenvalue weighted by Gasteiger charge is -2.32. The van der Waals surface area contributed by atoms with Crippen LogP contribution in [0.1, 0.15) is 12.8 Å². The van der Waals surface area contributed by atoms with E-state index in [1.165, 1.54) is 5.69 Å². The Hall–Kier alpha value is -1.51. The van der Waals surface area contributed by atoms with Gasteiger partial charge in [0.2, 0.25) is 5.91 Å². The molecule has 3 heteroatoms. The molecule has 1 aliphatic rings. The number of carbonyl (C=O) groups excluding carboxylic acids is 1. The molecule has 0 unspecified atom stereocenters. The minimum absolute atomic E-state index is 0.0740. The van der Waals surface area contributed by atoms with Crippen LogP contribution < -0.4 is 10.6 Å². The molecule has 0 aromatic heterocycles. The SMILES string of the molecule is NC(=O)C1CCN(c2ccccc2)CC1. The van der Waals surface area contributed by atoms with Gasteiger partial charge in [-0.3, -0.25) is 4.79 Å². The van der Waals surface area contributed by atoms with Gasteiger partial charge in [-0.05, 0) is 25.0 Å². The van der Waals surface area contributed by atoms with Crippen molar-refractivity contribution in [2.75, 3.05) is 18.0 Å². The van der Waals surface area contributed by atoms with Gasteiger partial charge in [0.25, 0.3) is 0 Å². The molecule has 2 rings (SSSR count). The summed E-state index contributed by atoms with van der Waals surface area (Å²) in [5.74, 6) is -0.0762. The molecule has 1 aromatic carbocycles. The first-order valence-electron chi connectivity index (χ1n) is 5.36. The smallest absolute Gasteiger partial charge is 0.220 e. The number of carbonyl (C=O) groups is 1. The minimum atomic E-state index is -0.150. The van der Waals surface area contributed by atoms with Gasteiger partial charge in [-0.25, -0.2) is 0 Å². The monoisotopic (exact) mass is 204 g/mol. The van der Waals surface area contributed by atoms with Crippen LogP contribution in [-0.2, 0) is 4.79 Å². The first kappa shape index (κ1) is 10.0. The molecule has 2 N–H and O–H groups in total. The van der Waals surface area contributed by atoms with Crippen molar-refractivity contribution >= 4 is 11.6 Å². The molecule has 3 nitrogen and oxygen atoms in total. The fourth-order valence-corrected chi connectivity index (χ4v) is 2.06. The Morgan fingerprint density at radius 3 is 2.33 bits per heavy atom. The van der Waals surface area contributed by atoms with Crippen molar-refractivity contribution in [1.29, 1.82) is 0 Å². The number of benzene rings is 1. The molecule has 0 spiro atoms. The van der Waals surface area contributed by atoms with Gasteiger partial charge in [0, 0.05) is 24.7 Å². The van der Waals surface area contributed by atoms with E-state index in [4.69, 9.17) is 5.73 Å². The highest BCUT2D eigenvalue weighted by atomic mass is 16.1. The van der Waals surface area contributed by atoms with E-state index in [1.54, 1.807) is 0 Å². The maximum Gasteiger partial charge on any atom is 0.220 e. The van der Waals surface area contributed by atoms with Crippen molar-refractivity contribution in [2.45, 2.75) is 12.8 Å². The van der Waals surface area contributed by atoms with Crippen molar-refractivity contribution in [2.24, 2.45) is 11.7 Å². The third kappa shape index (κ3) is 2.29. The lowest BCUT2D eigenvalue weighted by Crippen LogP contribution is -2.38. The van der Waals surface area contributed by atoms with Crippen molar-refractivity contribution in [3.05, 3.63) is 30.3 Å². The standard InChI is InChI=1S/C12H16N2O/c13-12(15)10-6-8-14(9-7-10)11-4-2-1-3-5-11/h1-5,10H,6-9H2,(H2,13,15). The van der Waals surface area contributed by atoms with E-state index in [-0.39, 0.29) is 11.8 Å². The van der Waals surface area contributed by atoms with Gasteiger partial charge in [0.15, 0.2) is 0 Å². The zero-order valence-corrected chi connectivity index (χ0v) is 8.73. The number of anilines is 1. The molecule has 1 heterocycles. The summed E-state index contributed by atoms with van der Waals surface area (Å²) >= 11 is 0. The van der Waals surface area contributed by atoms with Gasteiger partial charge in [0.1, 0.15) is 0 Å². The Balaban J connectivity index is 1.97. The van der Waals surface area contributed by atoms with Crippen LogP contribution >= 0.6 is 0 Å². The third-order valence-corrected chi connectivity index (χ3v) is 3.02. The summed E-state index contributed by atoms with van der Waals surface area (Å²) in [5.41, 5.74) is 6.53. The van der Waals surface area contributed by atoms with Crippen molar-refractivity contribution in [3.63, 3.8) is 0 Å². The summed E-state index contributed by atoms with van der Waals surface area (Å²) in [6.45, 7) is 1.86. The first-order valence-corrected chi connectivity index (χ1v) is 5.36.